The third-order valence-electron chi connectivity index (χ3n) is 4.38. The molecule has 3 rings (SSSR count). The van der Waals surface area contributed by atoms with Crippen molar-refractivity contribution in [2.45, 2.75) is 37.5 Å². The fourth-order valence-corrected chi connectivity index (χ4v) is 4.19. The highest BCUT2D eigenvalue weighted by Gasteiger charge is 2.39. The first-order chi connectivity index (χ1) is 10.6. The van der Waals surface area contributed by atoms with Crippen LogP contribution in [0.3, 0.4) is 0 Å². The first kappa shape index (κ1) is 15.4. The summed E-state index contributed by atoms with van der Waals surface area (Å²) in [6, 6.07) is 8.37. The number of hydrogen-bond donors (Lipinski definition) is 1. The van der Waals surface area contributed by atoms with Crippen molar-refractivity contribution < 1.29 is 14.7 Å². The molecule has 1 fully saturated rings. The number of benzene rings is 1. The predicted octanol–water partition coefficient (Wildman–Crippen LogP) is 2.73. The number of fused-ring (bicyclic) bond motifs is 1. The van der Waals surface area contributed by atoms with Crippen LogP contribution < -0.4 is 0 Å². The van der Waals surface area contributed by atoms with Crippen molar-refractivity contribution in [3.8, 4) is 0 Å². The summed E-state index contributed by atoms with van der Waals surface area (Å²) in [5.41, 5.74) is 2.36. The van der Waals surface area contributed by atoms with Crippen molar-refractivity contribution in [3.05, 3.63) is 35.4 Å². The lowest BCUT2D eigenvalue weighted by Crippen LogP contribution is -2.41. The quantitative estimate of drug-likeness (QED) is 0.906. The zero-order chi connectivity index (χ0) is 15.7. The van der Waals surface area contributed by atoms with Gasteiger partial charge in [0.15, 0.2) is 0 Å². The van der Waals surface area contributed by atoms with Gasteiger partial charge in [-0.15, -0.1) is 11.8 Å². The fourth-order valence-electron chi connectivity index (χ4n) is 2.93. The summed E-state index contributed by atoms with van der Waals surface area (Å²) in [5, 5.41) is 8.97. The van der Waals surface area contributed by atoms with Crippen LogP contribution >= 0.6 is 11.8 Å². The maximum atomic E-state index is 13.0. The fraction of sp³-hybridized carbons (Fsp3) is 0.529. The Labute approximate surface area is 134 Å². The van der Waals surface area contributed by atoms with Crippen molar-refractivity contribution in [2.75, 3.05) is 12.3 Å². The predicted molar refractivity (Wildman–Crippen MR) is 86.9 cm³/mol. The number of carbonyl (C=O) groups excluding carboxylic acids is 1. The van der Waals surface area contributed by atoms with Gasteiger partial charge in [0.25, 0.3) is 0 Å². The van der Waals surface area contributed by atoms with Crippen molar-refractivity contribution in [1.82, 2.24) is 4.90 Å². The molecule has 0 aromatic heterocycles. The number of amides is 1. The van der Waals surface area contributed by atoms with Gasteiger partial charge in [0.2, 0.25) is 5.91 Å². The molecule has 1 amide bonds. The van der Waals surface area contributed by atoms with Gasteiger partial charge in [-0.3, -0.25) is 9.59 Å². The van der Waals surface area contributed by atoms with Crippen molar-refractivity contribution in [2.24, 2.45) is 5.92 Å². The molecule has 2 aliphatic rings. The number of hydrogen-bond acceptors (Lipinski definition) is 3. The highest BCUT2D eigenvalue weighted by molar-refractivity contribution is 8.00. The standard InChI is InChI=1S/C17H21NO3S/c1-11(17(20)21)10-18(13-6-7-13)16(19)15-14-5-3-2-4-12(14)8-9-22-15/h2-5,11,13,15H,6-10H2,1H3,(H,20,21)/t11-,15-/m1/s1. The van der Waals surface area contributed by atoms with Gasteiger partial charge in [-0.1, -0.05) is 31.2 Å². The minimum absolute atomic E-state index is 0.0905. The molecule has 1 heterocycles. The average Bonchev–Trinajstić information content (AvgIpc) is 3.35. The van der Waals surface area contributed by atoms with Gasteiger partial charge in [0, 0.05) is 12.6 Å². The van der Waals surface area contributed by atoms with E-state index >= 15 is 0 Å². The highest BCUT2D eigenvalue weighted by Crippen LogP contribution is 2.40. The number of carbonyl (C=O) groups is 2. The van der Waals surface area contributed by atoms with E-state index in [-0.39, 0.29) is 17.2 Å². The summed E-state index contributed by atoms with van der Waals surface area (Å²) >= 11 is 1.68. The van der Waals surface area contributed by atoms with Crippen LogP contribution in [0.5, 0.6) is 0 Å². The average molecular weight is 319 g/mol. The van der Waals surface area contributed by atoms with Gasteiger partial charge in [0.05, 0.1) is 5.92 Å². The minimum Gasteiger partial charge on any atom is -0.481 e. The monoisotopic (exact) mass is 319 g/mol. The van der Waals surface area contributed by atoms with E-state index in [9.17, 15) is 9.59 Å². The molecule has 1 N–H and O–H groups in total. The van der Waals surface area contributed by atoms with Gasteiger partial charge in [-0.2, -0.15) is 0 Å². The Morgan fingerprint density at radius 1 is 1.36 bits per heavy atom. The lowest BCUT2D eigenvalue weighted by Gasteiger charge is -2.31. The molecule has 118 valence electrons. The Morgan fingerprint density at radius 3 is 2.77 bits per heavy atom. The van der Waals surface area contributed by atoms with Crippen LogP contribution in [0.1, 0.15) is 36.1 Å². The van der Waals surface area contributed by atoms with Crippen LogP contribution in [0.2, 0.25) is 0 Å². The maximum Gasteiger partial charge on any atom is 0.308 e. The first-order valence-electron chi connectivity index (χ1n) is 7.80. The molecule has 4 nitrogen and oxygen atoms in total. The molecule has 0 radical (unpaired) electrons. The van der Waals surface area contributed by atoms with Crippen LogP contribution in [-0.2, 0) is 16.0 Å². The molecule has 0 bridgehead atoms. The number of rotatable bonds is 5. The molecule has 0 saturated heterocycles. The molecule has 5 heteroatoms. The van der Waals surface area contributed by atoms with E-state index in [1.807, 2.05) is 23.1 Å². The maximum absolute atomic E-state index is 13.0. The van der Waals surface area contributed by atoms with E-state index in [4.69, 9.17) is 5.11 Å². The van der Waals surface area contributed by atoms with Crippen LogP contribution in [0, 0.1) is 5.92 Å². The van der Waals surface area contributed by atoms with Gasteiger partial charge in [0.1, 0.15) is 5.25 Å². The third kappa shape index (κ3) is 3.14. The molecule has 1 aliphatic heterocycles. The highest BCUT2D eigenvalue weighted by atomic mass is 32.2. The summed E-state index contributed by atoms with van der Waals surface area (Å²) in [7, 11) is 0. The Balaban J connectivity index is 1.81. The second-order valence-electron chi connectivity index (χ2n) is 6.16. The topological polar surface area (TPSA) is 57.6 Å². The van der Waals surface area contributed by atoms with E-state index in [1.165, 1.54) is 5.56 Å². The molecule has 0 unspecified atom stereocenters. The molecule has 1 aliphatic carbocycles. The summed E-state index contributed by atoms with van der Waals surface area (Å²) in [6.07, 6.45) is 2.99. The molecule has 0 spiro atoms. The lowest BCUT2D eigenvalue weighted by molar-refractivity contribution is -0.143. The van der Waals surface area contributed by atoms with Crippen LogP contribution in [0.15, 0.2) is 24.3 Å². The smallest absolute Gasteiger partial charge is 0.308 e. The number of thioether (sulfide) groups is 1. The van der Waals surface area contributed by atoms with E-state index < -0.39 is 11.9 Å². The van der Waals surface area contributed by atoms with Gasteiger partial charge in [-0.25, -0.2) is 0 Å². The van der Waals surface area contributed by atoms with Gasteiger partial charge in [-0.05, 0) is 36.1 Å². The van der Waals surface area contributed by atoms with Gasteiger partial charge < -0.3 is 10.0 Å². The van der Waals surface area contributed by atoms with E-state index in [1.54, 1.807) is 18.7 Å². The van der Waals surface area contributed by atoms with E-state index in [2.05, 4.69) is 6.07 Å². The van der Waals surface area contributed by atoms with Crippen LogP contribution in [-0.4, -0.2) is 40.2 Å². The largest absolute Gasteiger partial charge is 0.481 e. The van der Waals surface area contributed by atoms with E-state index in [0.717, 1.165) is 30.6 Å². The SMILES string of the molecule is C[C@H](CN(C(=O)[C@@H]1SCCc2ccccc21)C1CC1)C(=O)O. The Kier molecular flexibility index (Phi) is 4.43. The van der Waals surface area contributed by atoms with Crippen molar-refractivity contribution >= 4 is 23.6 Å². The molecular weight excluding hydrogens is 298 g/mol. The van der Waals surface area contributed by atoms with Gasteiger partial charge >= 0.3 is 5.97 Å². The number of aliphatic carboxylic acids is 1. The number of nitrogens with zero attached hydrogens (tertiary/aromatic N) is 1. The molecule has 22 heavy (non-hydrogen) atoms. The summed E-state index contributed by atoms with van der Waals surface area (Å²) in [4.78, 5) is 26.0. The molecule has 1 aromatic rings. The lowest BCUT2D eigenvalue weighted by atomic mass is 10.0. The molecular formula is C17H21NO3S. The van der Waals surface area contributed by atoms with Crippen molar-refractivity contribution in [1.29, 1.82) is 0 Å². The number of carboxylic acid groups (broad SMARTS) is 1. The summed E-state index contributed by atoms with van der Waals surface area (Å²) in [5.74, 6) is -0.322. The number of aryl methyl sites for hydroxylation is 1. The zero-order valence-electron chi connectivity index (χ0n) is 12.7. The second kappa shape index (κ2) is 6.32. The molecule has 1 saturated carbocycles. The van der Waals surface area contributed by atoms with Crippen molar-refractivity contribution in [3.63, 3.8) is 0 Å². The number of carboxylic acids is 1. The van der Waals surface area contributed by atoms with Crippen LogP contribution in [0.25, 0.3) is 0 Å². The Morgan fingerprint density at radius 2 is 2.09 bits per heavy atom. The summed E-state index contributed by atoms with van der Waals surface area (Å²) in [6.45, 7) is 1.99. The normalized spacial score (nSPS) is 21.8. The molecule has 1 aromatic carbocycles. The zero-order valence-corrected chi connectivity index (χ0v) is 13.5. The Hall–Kier alpha value is -1.49. The van der Waals surface area contributed by atoms with E-state index in [0.29, 0.717) is 6.54 Å². The Bertz CT molecular complexity index is 585. The third-order valence-corrected chi connectivity index (χ3v) is 5.61. The van der Waals surface area contributed by atoms with Crippen LogP contribution in [0.4, 0.5) is 0 Å². The summed E-state index contributed by atoms with van der Waals surface area (Å²) < 4.78 is 0. The first-order valence-corrected chi connectivity index (χ1v) is 8.85. The molecule has 2 atom stereocenters. The second-order valence-corrected chi connectivity index (χ2v) is 7.37. The minimum atomic E-state index is -0.838.